The third kappa shape index (κ3) is 4.20. The van der Waals surface area contributed by atoms with Crippen molar-refractivity contribution in [3.05, 3.63) is 31.8 Å². The van der Waals surface area contributed by atoms with Crippen LogP contribution in [0.15, 0.2) is 22.7 Å². The topological polar surface area (TPSA) is 32.3 Å². The number of amides is 1. The molecule has 1 aliphatic carbocycles. The standard InChI is InChI=1S/C16H22BrIN2O/c1-20(2)16(8-4-3-5-9-16)11-19-15(21)13-10-12(17)6-7-14(13)18/h6-7,10H,3-5,8-9,11H2,1-2H3,(H,19,21). The van der Waals surface area contributed by atoms with Gasteiger partial charge in [0.1, 0.15) is 0 Å². The van der Waals surface area contributed by atoms with Gasteiger partial charge in [-0.25, -0.2) is 0 Å². The zero-order chi connectivity index (χ0) is 15.5. The predicted octanol–water partition coefficient (Wildman–Crippen LogP) is 4.05. The first kappa shape index (κ1) is 17.2. The van der Waals surface area contributed by atoms with Crippen molar-refractivity contribution in [1.29, 1.82) is 0 Å². The van der Waals surface area contributed by atoms with Gasteiger partial charge in [0.2, 0.25) is 0 Å². The first-order chi connectivity index (χ1) is 9.94. The Balaban J connectivity index is 2.07. The van der Waals surface area contributed by atoms with Gasteiger partial charge in [-0.05, 0) is 67.7 Å². The molecule has 1 fully saturated rings. The van der Waals surface area contributed by atoms with Gasteiger partial charge in [0.15, 0.2) is 0 Å². The molecule has 0 radical (unpaired) electrons. The average molecular weight is 465 g/mol. The molecule has 0 saturated heterocycles. The van der Waals surface area contributed by atoms with Gasteiger partial charge in [0, 0.05) is 20.1 Å². The van der Waals surface area contributed by atoms with E-state index >= 15 is 0 Å². The zero-order valence-corrected chi connectivity index (χ0v) is 16.3. The molecule has 1 aromatic rings. The maximum atomic E-state index is 12.5. The molecule has 0 bridgehead atoms. The fourth-order valence-corrected chi connectivity index (χ4v) is 3.95. The van der Waals surface area contributed by atoms with Crippen LogP contribution in [0.4, 0.5) is 0 Å². The van der Waals surface area contributed by atoms with Gasteiger partial charge in [0.05, 0.1) is 5.56 Å². The molecule has 0 aromatic heterocycles. The van der Waals surface area contributed by atoms with Crippen molar-refractivity contribution in [3.8, 4) is 0 Å². The zero-order valence-electron chi connectivity index (χ0n) is 12.6. The Kier molecular flexibility index (Phi) is 6.08. The van der Waals surface area contributed by atoms with Crippen molar-refractivity contribution in [2.75, 3.05) is 20.6 Å². The molecule has 21 heavy (non-hydrogen) atoms. The van der Waals surface area contributed by atoms with Crippen molar-refractivity contribution >= 4 is 44.4 Å². The van der Waals surface area contributed by atoms with E-state index in [2.05, 4.69) is 62.8 Å². The van der Waals surface area contributed by atoms with Crippen molar-refractivity contribution in [1.82, 2.24) is 10.2 Å². The van der Waals surface area contributed by atoms with Crippen LogP contribution in [0.3, 0.4) is 0 Å². The van der Waals surface area contributed by atoms with E-state index in [-0.39, 0.29) is 11.4 Å². The lowest BCUT2D eigenvalue weighted by atomic mass is 9.80. The molecule has 0 heterocycles. The first-order valence-corrected chi connectivity index (χ1v) is 9.22. The number of halogens is 2. The van der Waals surface area contributed by atoms with E-state index in [0.29, 0.717) is 0 Å². The number of benzene rings is 1. The summed E-state index contributed by atoms with van der Waals surface area (Å²) in [5.74, 6) is 0.0208. The minimum Gasteiger partial charge on any atom is -0.350 e. The van der Waals surface area contributed by atoms with Gasteiger partial charge in [-0.15, -0.1) is 0 Å². The normalized spacial score (nSPS) is 17.8. The lowest BCUT2D eigenvalue weighted by Crippen LogP contribution is -2.53. The van der Waals surface area contributed by atoms with Gasteiger partial charge in [0.25, 0.3) is 5.91 Å². The summed E-state index contributed by atoms with van der Waals surface area (Å²) in [5, 5.41) is 3.15. The first-order valence-electron chi connectivity index (χ1n) is 7.35. The minimum atomic E-state index is 0.0208. The Labute approximate surface area is 149 Å². The van der Waals surface area contributed by atoms with Gasteiger partial charge in [-0.2, -0.15) is 0 Å². The molecule has 116 valence electrons. The van der Waals surface area contributed by atoms with E-state index in [0.717, 1.165) is 33.0 Å². The smallest absolute Gasteiger partial charge is 0.252 e. The largest absolute Gasteiger partial charge is 0.350 e. The van der Waals surface area contributed by atoms with Crippen LogP contribution in [0.2, 0.25) is 0 Å². The van der Waals surface area contributed by atoms with Crippen LogP contribution in [0, 0.1) is 3.57 Å². The van der Waals surface area contributed by atoms with Crippen molar-refractivity contribution < 1.29 is 4.79 Å². The third-order valence-corrected chi connectivity index (χ3v) is 5.92. The summed E-state index contributed by atoms with van der Waals surface area (Å²) in [4.78, 5) is 14.8. The molecule has 1 saturated carbocycles. The van der Waals surface area contributed by atoms with Crippen molar-refractivity contribution in [2.45, 2.75) is 37.6 Å². The maximum Gasteiger partial charge on any atom is 0.252 e. The molecule has 0 aliphatic heterocycles. The second kappa shape index (κ2) is 7.42. The monoisotopic (exact) mass is 464 g/mol. The Hall–Kier alpha value is -0.140. The van der Waals surface area contributed by atoms with Gasteiger partial charge in [-0.1, -0.05) is 35.2 Å². The van der Waals surface area contributed by atoms with Crippen LogP contribution in [-0.2, 0) is 0 Å². The van der Waals surface area contributed by atoms with Crippen LogP contribution in [-0.4, -0.2) is 37.0 Å². The molecule has 1 N–H and O–H groups in total. The summed E-state index contributed by atoms with van der Waals surface area (Å²) in [6, 6.07) is 5.81. The number of likely N-dealkylation sites (N-methyl/N-ethyl adjacent to an activating group) is 1. The predicted molar refractivity (Wildman–Crippen MR) is 98.7 cm³/mol. The molecule has 2 rings (SSSR count). The number of hydrogen-bond acceptors (Lipinski definition) is 2. The number of hydrogen-bond donors (Lipinski definition) is 1. The molecule has 5 heteroatoms. The number of carbonyl (C=O) groups excluding carboxylic acids is 1. The molecule has 0 atom stereocenters. The van der Waals surface area contributed by atoms with Crippen LogP contribution in [0.1, 0.15) is 42.5 Å². The van der Waals surface area contributed by atoms with Crippen molar-refractivity contribution in [3.63, 3.8) is 0 Å². The third-order valence-electron chi connectivity index (χ3n) is 4.48. The fraction of sp³-hybridized carbons (Fsp3) is 0.562. The van der Waals surface area contributed by atoms with Crippen LogP contribution >= 0.6 is 38.5 Å². The highest BCUT2D eigenvalue weighted by molar-refractivity contribution is 14.1. The van der Waals surface area contributed by atoms with E-state index in [1.54, 1.807) is 0 Å². The molecule has 1 aliphatic rings. The Morgan fingerprint density at radius 3 is 2.62 bits per heavy atom. The molecule has 3 nitrogen and oxygen atoms in total. The highest BCUT2D eigenvalue weighted by Crippen LogP contribution is 2.31. The Bertz CT molecular complexity index is 513. The molecule has 1 amide bonds. The summed E-state index contributed by atoms with van der Waals surface area (Å²) >= 11 is 5.65. The summed E-state index contributed by atoms with van der Waals surface area (Å²) in [6.07, 6.45) is 6.14. The van der Waals surface area contributed by atoms with E-state index in [9.17, 15) is 4.79 Å². The highest BCUT2D eigenvalue weighted by atomic mass is 127. The summed E-state index contributed by atoms with van der Waals surface area (Å²) in [6.45, 7) is 0.724. The number of rotatable bonds is 4. The van der Waals surface area contributed by atoms with Gasteiger partial charge < -0.3 is 10.2 Å². The molecule has 0 spiro atoms. The molecular weight excluding hydrogens is 443 g/mol. The number of nitrogens with zero attached hydrogens (tertiary/aromatic N) is 1. The summed E-state index contributed by atoms with van der Waals surface area (Å²) in [5.41, 5.74) is 0.862. The van der Waals surface area contributed by atoms with Crippen LogP contribution in [0.5, 0.6) is 0 Å². The lowest BCUT2D eigenvalue weighted by molar-refractivity contribution is 0.0799. The van der Waals surface area contributed by atoms with E-state index in [1.807, 2.05) is 18.2 Å². The second-order valence-electron chi connectivity index (χ2n) is 5.99. The SMILES string of the molecule is CN(C)C1(CNC(=O)c2cc(Br)ccc2I)CCCCC1. The van der Waals surface area contributed by atoms with E-state index in [4.69, 9.17) is 0 Å². The summed E-state index contributed by atoms with van der Waals surface area (Å²) < 4.78 is 1.92. The maximum absolute atomic E-state index is 12.5. The van der Waals surface area contributed by atoms with Crippen molar-refractivity contribution in [2.24, 2.45) is 0 Å². The number of nitrogens with one attached hydrogen (secondary N) is 1. The quantitative estimate of drug-likeness (QED) is 0.681. The highest BCUT2D eigenvalue weighted by Gasteiger charge is 2.34. The molecular formula is C16H22BrIN2O. The van der Waals surface area contributed by atoms with Gasteiger partial charge in [-0.3, -0.25) is 4.79 Å². The Morgan fingerprint density at radius 2 is 2.00 bits per heavy atom. The molecule has 0 unspecified atom stereocenters. The summed E-state index contributed by atoms with van der Waals surface area (Å²) in [7, 11) is 4.25. The molecule has 1 aromatic carbocycles. The Morgan fingerprint density at radius 1 is 1.33 bits per heavy atom. The van der Waals surface area contributed by atoms with Crippen LogP contribution in [0.25, 0.3) is 0 Å². The lowest BCUT2D eigenvalue weighted by Gasteiger charge is -2.43. The fourth-order valence-electron chi connectivity index (χ4n) is 3.00. The minimum absolute atomic E-state index is 0.0208. The van der Waals surface area contributed by atoms with Gasteiger partial charge >= 0.3 is 0 Å². The number of carbonyl (C=O) groups is 1. The van der Waals surface area contributed by atoms with E-state index < -0.39 is 0 Å². The average Bonchev–Trinajstić information content (AvgIpc) is 2.48. The van der Waals surface area contributed by atoms with Crippen LogP contribution < -0.4 is 5.32 Å². The second-order valence-corrected chi connectivity index (χ2v) is 8.06. The van der Waals surface area contributed by atoms with E-state index in [1.165, 1.54) is 19.3 Å².